The number of unbranched alkanes of at least 4 members (excludes halogenated alkanes) is 13. The van der Waals surface area contributed by atoms with Crippen molar-refractivity contribution in [3.63, 3.8) is 0 Å². The summed E-state index contributed by atoms with van der Waals surface area (Å²) in [6.07, 6.45) is 21.8. The number of carbonyl (C=O) groups excluding carboxylic acids is 1. The number of rotatable bonds is 25. The molecule has 0 spiro atoms. The molecule has 3 fully saturated rings. The zero-order valence-corrected chi connectivity index (χ0v) is 28.7. The second-order valence-corrected chi connectivity index (χ2v) is 14.5. The lowest BCUT2D eigenvalue weighted by Crippen LogP contribution is -2.33. The molecule has 0 amide bonds. The van der Waals surface area contributed by atoms with Crippen LogP contribution in [0.1, 0.15) is 168 Å². The third-order valence-corrected chi connectivity index (χ3v) is 10.7. The van der Waals surface area contributed by atoms with Crippen LogP contribution in [0.15, 0.2) is 0 Å². The standard InChI is InChI=1S/C37H68O8/c1-3-4-5-6-7-11-14-17-20-30(38)34-25-26-35(45-34)32(40)23-22-31(39)33-24-21-28(44-33)18-15-12-9-8-10-13-16-19-29-36(41)27(2)43-37(29)42/h27-36,38-41H,3-26H2,1-2H3. The number of cyclic esters (lactones) is 1. The molecule has 8 nitrogen and oxygen atoms in total. The summed E-state index contributed by atoms with van der Waals surface area (Å²) >= 11 is 0. The van der Waals surface area contributed by atoms with Gasteiger partial charge in [-0.25, -0.2) is 0 Å². The van der Waals surface area contributed by atoms with E-state index in [1.54, 1.807) is 6.92 Å². The lowest BCUT2D eigenvalue weighted by atomic mass is 9.95. The Bertz CT molecular complexity index is 780. The second-order valence-electron chi connectivity index (χ2n) is 14.5. The van der Waals surface area contributed by atoms with Gasteiger partial charge in [-0.1, -0.05) is 103 Å². The minimum Gasteiger partial charge on any atom is -0.460 e. The monoisotopic (exact) mass is 640 g/mol. The zero-order valence-electron chi connectivity index (χ0n) is 28.7. The van der Waals surface area contributed by atoms with Crippen LogP contribution in [0.3, 0.4) is 0 Å². The molecule has 0 radical (unpaired) electrons. The van der Waals surface area contributed by atoms with Crippen LogP contribution < -0.4 is 0 Å². The molecule has 3 saturated heterocycles. The highest BCUT2D eigenvalue weighted by atomic mass is 16.6. The van der Waals surface area contributed by atoms with E-state index >= 15 is 0 Å². The highest BCUT2D eigenvalue weighted by Gasteiger charge is 2.40. The van der Waals surface area contributed by atoms with Crippen molar-refractivity contribution in [1.29, 1.82) is 0 Å². The summed E-state index contributed by atoms with van der Waals surface area (Å²) in [5.74, 6) is -0.591. The van der Waals surface area contributed by atoms with Crippen molar-refractivity contribution < 1.29 is 39.4 Å². The van der Waals surface area contributed by atoms with Crippen molar-refractivity contribution in [3.8, 4) is 0 Å². The maximum absolute atomic E-state index is 11.8. The summed E-state index contributed by atoms with van der Waals surface area (Å²) in [5.41, 5.74) is 0. The first-order valence-corrected chi connectivity index (χ1v) is 19.0. The molecule has 45 heavy (non-hydrogen) atoms. The Kier molecular flexibility index (Phi) is 18.9. The van der Waals surface area contributed by atoms with E-state index in [0.717, 1.165) is 70.6 Å². The highest BCUT2D eigenvalue weighted by Crippen LogP contribution is 2.31. The molecule has 4 N–H and O–H groups in total. The number of esters is 1. The van der Waals surface area contributed by atoms with Crippen LogP contribution in [0.4, 0.5) is 0 Å². The van der Waals surface area contributed by atoms with Crippen LogP contribution in [0.2, 0.25) is 0 Å². The van der Waals surface area contributed by atoms with E-state index in [2.05, 4.69) is 6.92 Å². The van der Waals surface area contributed by atoms with Crippen LogP contribution in [0.5, 0.6) is 0 Å². The van der Waals surface area contributed by atoms with Gasteiger partial charge in [-0.05, 0) is 64.7 Å². The summed E-state index contributed by atoms with van der Waals surface area (Å²) in [6.45, 7) is 3.99. The quantitative estimate of drug-likeness (QED) is 0.0627. The molecular formula is C37H68O8. The second kappa shape index (κ2) is 22.0. The van der Waals surface area contributed by atoms with Crippen molar-refractivity contribution in [1.82, 2.24) is 0 Å². The Morgan fingerprint density at radius 2 is 1.09 bits per heavy atom. The smallest absolute Gasteiger partial charge is 0.312 e. The number of hydrogen-bond donors (Lipinski definition) is 4. The Hall–Kier alpha value is -0.770. The molecule has 3 rings (SSSR count). The molecule has 264 valence electrons. The maximum Gasteiger partial charge on any atom is 0.312 e. The minimum atomic E-state index is -0.656. The van der Waals surface area contributed by atoms with E-state index in [-0.39, 0.29) is 42.4 Å². The van der Waals surface area contributed by atoms with Gasteiger partial charge in [0.25, 0.3) is 0 Å². The van der Waals surface area contributed by atoms with E-state index in [1.165, 1.54) is 64.2 Å². The number of hydrogen-bond acceptors (Lipinski definition) is 8. The van der Waals surface area contributed by atoms with Crippen molar-refractivity contribution in [3.05, 3.63) is 0 Å². The van der Waals surface area contributed by atoms with Crippen molar-refractivity contribution in [2.24, 2.45) is 5.92 Å². The molecule has 3 heterocycles. The summed E-state index contributed by atoms with van der Waals surface area (Å²) in [6, 6.07) is 0. The van der Waals surface area contributed by atoms with Crippen molar-refractivity contribution >= 4 is 5.97 Å². The third-order valence-electron chi connectivity index (χ3n) is 10.7. The number of aliphatic hydroxyl groups is 4. The van der Waals surface area contributed by atoms with Gasteiger partial charge >= 0.3 is 5.97 Å². The molecule has 8 heteroatoms. The molecule has 0 aromatic heterocycles. The molecule has 10 unspecified atom stereocenters. The Morgan fingerprint density at radius 1 is 0.622 bits per heavy atom. The predicted octanol–water partition coefficient (Wildman–Crippen LogP) is 6.91. The summed E-state index contributed by atoms with van der Waals surface area (Å²) < 4.78 is 17.4. The van der Waals surface area contributed by atoms with Gasteiger partial charge in [0.2, 0.25) is 0 Å². The molecule has 0 saturated carbocycles. The molecule has 0 aromatic carbocycles. The predicted molar refractivity (Wildman–Crippen MR) is 177 cm³/mol. The minimum absolute atomic E-state index is 0.147. The lowest BCUT2D eigenvalue weighted by molar-refractivity contribution is -0.143. The van der Waals surface area contributed by atoms with Crippen molar-refractivity contribution in [2.75, 3.05) is 0 Å². The fourth-order valence-electron chi connectivity index (χ4n) is 7.59. The Morgan fingerprint density at radius 3 is 1.64 bits per heavy atom. The number of ether oxygens (including phenoxy) is 3. The zero-order chi connectivity index (χ0) is 32.4. The lowest BCUT2D eigenvalue weighted by Gasteiger charge is -2.24. The van der Waals surface area contributed by atoms with E-state index in [9.17, 15) is 25.2 Å². The van der Waals surface area contributed by atoms with Gasteiger partial charge in [-0.2, -0.15) is 0 Å². The SMILES string of the molecule is CCCCCCCCCCC(O)C1CCC(C(O)CCC(O)C2CCC(CCCCCCCCCC3C(=O)OC(C)C3O)O2)O1. The molecular weight excluding hydrogens is 572 g/mol. The summed E-state index contributed by atoms with van der Waals surface area (Å²) in [5, 5.41) is 42.2. The van der Waals surface area contributed by atoms with E-state index < -0.39 is 24.4 Å². The fraction of sp³-hybridized carbons (Fsp3) is 0.973. The normalized spacial score (nSPS) is 30.5. The Balaban J connectivity index is 1.15. The van der Waals surface area contributed by atoms with Crippen LogP contribution in [-0.2, 0) is 19.0 Å². The third kappa shape index (κ3) is 14.1. The van der Waals surface area contributed by atoms with E-state index in [0.29, 0.717) is 19.3 Å². The van der Waals surface area contributed by atoms with E-state index in [4.69, 9.17) is 14.2 Å². The molecule has 10 atom stereocenters. The average molecular weight is 641 g/mol. The fourth-order valence-corrected chi connectivity index (χ4v) is 7.59. The molecule has 3 aliphatic rings. The van der Waals surface area contributed by atoms with Gasteiger partial charge in [0.15, 0.2) is 0 Å². The van der Waals surface area contributed by atoms with Gasteiger partial charge in [0.1, 0.15) is 12.2 Å². The first-order chi connectivity index (χ1) is 21.8. The first kappa shape index (κ1) is 38.7. The topological polar surface area (TPSA) is 126 Å². The number of aliphatic hydroxyl groups excluding tert-OH is 4. The van der Waals surface area contributed by atoms with E-state index in [1.807, 2.05) is 0 Å². The van der Waals surface area contributed by atoms with Gasteiger partial charge in [0, 0.05) is 0 Å². The van der Waals surface area contributed by atoms with Crippen LogP contribution in [0.25, 0.3) is 0 Å². The summed E-state index contributed by atoms with van der Waals surface area (Å²) in [7, 11) is 0. The largest absolute Gasteiger partial charge is 0.460 e. The van der Waals surface area contributed by atoms with Crippen LogP contribution >= 0.6 is 0 Å². The molecule has 0 aliphatic carbocycles. The first-order valence-electron chi connectivity index (χ1n) is 19.0. The van der Waals surface area contributed by atoms with Crippen molar-refractivity contribution in [2.45, 2.75) is 223 Å². The molecule has 3 aliphatic heterocycles. The van der Waals surface area contributed by atoms with Gasteiger partial charge in [-0.15, -0.1) is 0 Å². The Labute approximate surface area is 274 Å². The summed E-state index contributed by atoms with van der Waals surface area (Å²) in [4.78, 5) is 11.8. The molecule has 0 bridgehead atoms. The average Bonchev–Trinajstić information content (AvgIpc) is 3.77. The highest BCUT2D eigenvalue weighted by molar-refractivity contribution is 5.75. The van der Waals surface area contributed by atoms with Gasteiger partial charge in [-0.3, -0.25) is 4.79 Å². The van der Waals surface area contributed by atoms with Gasteiger partial charge < -0.3 is 34.6 Å². The number of carbonyl (C=O) groups is 1. The van der Waals surface area contributed by atoms with Crippen LogP contribution in [0, 0.1) is 5.92 Å². The van der Waals surface area contributed by atoms with Gasteiger partial charge in [0.05, 0.1) is 48.6 Å². The van der Waals surface area contributed by atoms with Crippen LogP contribution in [-0.4, -0.2) is 81.3 Å². The maximum atomic E-state index is 11.8. The molecule has 0 aromatic rings.